The first-order valence-corrected chi connectivity index (χ1v) is 7.51. The summed E-state index contributed by atoms with van der Waals surface area (Å²) in [6, 6.07) is 8.54. The molecule has 2 aromatic carbocycles. The van der Waals surface area contributed by atoms with Gasteiger partial charge in [-0.1, -0.05) is 12.1 Å². The van der Waals surface area contributed by atoms with Crippen molar-refractivity contribution in [3.8, 4) is 0 Å². The van der Waals surface area contributed by atoms with Crippen LogP contribution in [-0.4, -0.2) is 24.9 Å². The van der Waals surface area contributed by atoms with Gasteiger partial charge in [-0.3, -0.25) is 14.9 Å². The summed E-state index contributed by atoms with van der Waals surface area (Å²) in [5.41, 5.74) is 0.160. The highest BCUT2D eigenvalue weighted by Crippen LogP contribution is 2.30. The van der Waals surface area contributed by atoms with Crippen molar-refractivity contribution in [1.82, 2.24) is 5.32 Å². The average molecular weight is 367 g/mol. The molecule has 0 saturated heterocycles. The number of non-ortho nitro benzene ring substituents is 1. The first-order valence-electron chi connectivity index (χ1n) is 7.51. The minimum absolute atomic E-state index is 0.108. The van der Waals surface area contributed by atoms with Crippen molar-refractivity contribution in [3.63, 3.8) is 0 Å². The number of anilines is 1. The smallest absolute Gasteiger partial charge is 0.370 e. The van der Waals surface area contributed by atoms with Crippen LogP contribution in [0.3, 0.4) is 0 Å². The van der Waals surface area contributed by atoms with Crippen LogP contribution in [0.4, 0.5) is 24.5 Å². The SMILES string of the molecule is CNC(=O)c1cc([N+](=O)[O-])ccc1N(C)Cc1ccc(C(F)(F)F)cc1. The summed E-state index contributed by atoms with van der Waals surface area (Å²) in [5.74, 6) is -0.497. The molecule has 2 rings (SSSR count). The van der Waals surface area contributed by atoms with Crippen molar-refractivity contribution < 1.29 is 22.9 Å². The third-order valence-corrected chi connectivity index (χ3v) is 3.77. The van der Waals surface area contributed by atoms with Gasteiger partial charge in [0.1, 0.15) is 0 Å². The topological polar surface area (TPSA) is 75.5 Å². The quantitative estimate of drug-likeness (QED) is 0.647. The summed E-state index contributed by atoms with van der Waals surface area (Å²) in [4.78, 5) is 24.0. The number of nitrogens with one attached hydrogen (secondary N) is 1. The van der Waals surface area contributed by atoms with Crippen LogP contribution in [0.5, 0.6) is 0 Å². The molecule has 0 radical (unpaired) electrons. The van der Waals surface area contributed by atoms with Crippen LogP contribution in [0, 0.1) is 10.1 Å². The second-order valence-corrected chi connectivity index (χ2v) is 5.59. The highest BCUT2D eigenvalue weighted by atomic mass is 19.4. The maximum atomic E-state index is 12.6. The summed E-state index contributed by atoms with van der Waals surface area (Å²) in [7, 11) is 3.05. The first kappa shape index (κ1) is 19.2. The van der Waals surface area contributed by atoms with Crippen LogP contribution in [0.1, 0.15) is 21.5 Å². The number of rotatable bonds is 5. The second kappa shape index (κ2) is 7.42. The minimum Gasteiger partial charge on any atom is -0.370 e. The fraction of sp³-hybridized carbons (Fsp3) is 0.235. The van der Waals surface area contributed by atoms with E-state index in [9.17, 15) is 28.1 Å². The Bertz CT molecular complexity index is 820. The number of halogens is 3. The molecule has 0 aliphatic heterocycles. The third kappa shape index (κ3) is 4.29. The fourth-order valence-corrected chi connectivity index (χ4v) is 2.45. The van der Waals surface area contributed by atoms with Crippen LogP contribution in [0.25, 0.3) is 0 Å². The van der Waals surface area contributed by atoms with E-state index in [1.165, 1.54) is 31.3 Å². The summed E-state index contributed by atoms with van der Waals surface area (Å²) >= 11 is 0. The zero-order valence-corrected chi connectivity index (χ0v) is 14.0. The van der Waals surface area contributed by atoms with Crippen molar-refractivity contribution in [2.45, 2.75) is 12.7 Å². The Hall–Kier alpha value is -3.10. The summed E-state index contributed by atoms with van der Waals surface area (Å²) in [6.07, 6.45) is -4.41. The molecule has 0 spiro atoms. The van der Waals surface area contributed by atoms with Gasteiger partial charge in [-0.2, -0.15) is 13.2 Å². The zero-order valence-electron chi connectivity index (χ0n) is 14.0. The minimum atomic E-state index is -4.41. The lowest BCUT2D eigenvalue weighted by Crippen LogP contribution is -2.24. The van der Waals surface area contributed by atoms with Crippen molar-refractivity contribution >= 4 is 17.3 Å². The highest BCUT2D eigenvalue weighted by molar-refractivity contribution is 6.00. The number of benzene rings is 2. The van der Waals surface area contributed by atoms with Crippen molar-refractivity contribution in [1.29, 1.82) is 0 Å². The molecule has 2 aromatic rings. The molecule has 0 atom stereocenters. The Balaban J connectivity index is 2.30. The molecule has 138 valence electrons. The van der Waals surface area contributed by atoms with E-state index in [1.54, 1.807) is 11.9 Å². The molecule has 0 aliphatic carbocycles. The number of nitrogens with zero attached hydrogens (tertiary/aromatic N) is 2. The molecule has 6 nitrogen and oxygen atoms in total. The van der Waals surface area contributed by atoms with Gasteiger partial charge < -0.3 is 10.2 Å². The van der Waals surface area contributed by atoms with E-state index in [-0.39, 0.29) is 17.8 Å². The van der Waals surface area contributed by atoms with Crippen LogP contribution in [0.15, 0.2) is 42.5 Å². The van der Waals surface area contributed by atoms with Crippen LogP contribution >= 0.6 is 0 Å². The molecule has 0 aliphatic rings. The van der Waals surface area contributed by atoms with E-state index in [0.29, 0.717) is 11.3 Å². The maximum absolute atomic E-state index is 12.6. The number of hydrogen-bond acceptors (Lipinski definition) is 4. The molecule has 0 heterocycles. The number of nitro benzene ring substituents is 1. The molecule has 0 unspecified atom stereocenters. The predicted molar refractivity (Wildman–Crippen MR) is 90.0 cm³/mol. The standard InChI is InChI=1S/C17H16F3N3O3/c1-21-16(24)14-9-13(23(25)26)7-8-15(14)22(2)10-11-3-5-12(6-4-11)17(18,19)20/h3-9H,10H2,1-2H3,(H,21,24). The molecule has 1 amide bonds. The largest absolute Gasteiger partial charge is 0.416 e. The van der Waals surface area contributed by atoms with E-state index in [2.05, 4.69) is 5.32 Å². The molecule has 26 heavy (non-hydrogen) atoms. The fourth-order valence-electron chi connectivity index (χ4n) is 2.45. The number of amides is 1. The van der Waals surface area contributed by atoms with Crippen molar-refractivity contribution in [2.75, 3.05) is 19.0 Å². The number of alkyl halides is 3. The Labute approximate surface area is 147 Å². The summed E-state index contributed by atoms with van der Waals surface area (Å²) in [6.45, 7) is 0.222. The molecular weight excluding hydrogens is 351 g/mol. The maximum Gasteiger partial charge on any atom is 0.416 e. The van der Waals surface area contributed by atoms with Crippen molar-refractivity contribution in [2.24, 2.45) is 0 Å². The third-order valence-electron chi connectivity index (χ3n) is 3.77. The van der Waals surface area contributed by atoms with E-state index < -0.39 is 22.6 Å². The van der Waals surface area contributed by atoms with Gasteiger partial charge in [-0.15, -0.1) is 0 Å². The Morgan fingerprint density at radius 1 is 1.19 bits per heavy atom. The van der Waals surface area contributed by atoms with E-state index in [0.717, 1.165) is 18.2 Å². The van der Waals surface area contributed by atoms with Gasteiger partial charge in [0.2, 0.25) is 0 Å². The van der Waals surface area contributed by atoms with Crippen LogP contribution in [-0.2, 0) is 12.7 Å². The average Bonchev–Trinajstić information content (AvgIpc) is 2.60. The molecule has 0 fully saturated rings. The van der Waals surface area contributed by atoms with Gasteiger partial charge in [-0.25, -0.2) is 0 Å². The Morgan fingerprint density at radius 3 is 2.31 bits per heavy atom. The molecule has 0 bridgehead atoms. The highest BCUT2D eigenvalue weighted by Gasteiger charge is 2.30. The van der Waals surface area contributed by atoms with Gasteiger partial charge in [-0.05, 0) is 23.8 Å². The molecule has 9 heteroatoms. The summed E-state index contributed by atoms with van der Waals surface area (Å²) < 4.78 is 37.9. The zero-order chi connectivity index (χ0) is 19.5. The lowest BCUT2D eigenvalue weighted by molar-refractivity contribution is -0.384. The van der Waals surface area contributed by atoms with E-state index in [4.69, 9.17) is 0 Å². The lowest BCUT2D eigenvalue weighted by atomic mass is 10.1. The van der Waals surface area contributed by atoms with Crippen molar-refractivity contribution in [3.05, 3.63) is 69.3 Å². The number of nitro groups is 1. The van der Waals surface area contributed by atoms with Gasteiger partial charge in [0.05, 0.1) is 21.7 Å². The molecular formula is C17H16F3N3O3. The Kier molecular flexibility index (Phi) is 5.49. The number of hydrogen-bond donors (Lipinski definition) is 1. The molecule has 0 saturated carbocycles. The summed E-state index contributed by atoms with van der Waals surface area (Å²) in [5, 5.41) is 13.3. The monoisotopic (exact) mass is 367 g/mol. The normalized spacial score (nSPS) is 11.1. The predicted octanol–water partition coefficient (Wildman–Crippen LogP) is 3.61. The van der Waals surface area contributed by atoms with Crippen LogP contribution < -0.4 is 10.2 Å². The second-order valence-electron chi connectivity index (χ2n) is 5.59. The molecule has 1 N–H and O–H groups in total. The van der Waals surface area contributed by atoms with Gasteiger partial charge in [0.25, 0.3) is 11.6 Å². The first-order chi connectivity index (χ1) is 12.1. The van der Waals surface area contributed by atoms with E-state index in [1.807, 2.05) is 0 Å². The Morgan fingerprint density at radius 2 is 1.81 bits per heavy atom. The van der Waals surface area contributed by atoms with E-state index >= 15 is 0 Å². The van der Waals surface area contributed by atoms with Crippen LogP contribution in [0.2, 0.25) is 0 Å². The van der Waals surface area contributed by atoms with Gasteiger partial charge in [0, 0.05) is 32.8 Å². The van der Waals surface area contributed by atoms with Gasteiger partial charge >= 0.3 is 6.18 Å². The number of carbonyl (C=O) groups is 1. The molecule has 0 aromatic heterocycles. The number of carbonyl (C=O) groups excluding carboxylic acids is 1. The lowest BCUT2D eigenvalue weighted by Gasteiger charge is -2.22. The van der Waals surface area contributed by atoms with Gasteiger partial charge in [0.15, 0.2) is 0 Å².